The summed E-state index contributed by atoms with van der Waals surface area (Å²) in [7, 11) is 0. The number of carbonyl (C=O) groups excluding carboxylic acids is 1. The van der Waals surface area contributed by atoms with Crippen LogP contribution in [0.15, 0.2) is 12.7 Å². The number of aliphatic hydroxyl groups excluding tert-OH is 1. The summed E-state index contributed by atoms with van der Waals surface area (Å²) in [6, 6.07) is 0.0745. The highest BCUT2D eigenvalue weighted by atomic mass is 16.3. The summed E-state index contributed by atoms with van der Waals surface area (Å²) < 4.78 is 0. The Bertz CT molecular complexity index is 139. The van der Waals surface area contributed by atoms with E-state index in [2.05, 4.69) is 11.9 Å². The Morgan fingerprint density at radius 1 is 1.91 bits per heavy atom. The highest BCUT2D eigenvalue weighted by Crippen LogP contribution is 1.95. The van der Waals surface area contributed by atoms with Crippen molar-refractivity contribution in [3.63, 3.8) is 0 Å². The van der Waals surface area contributed by atoms with E-state index in [1.165, 1.54) is 6.08 Å². The van der Waals surface area contributed by atoms with Gasteiger partial charge in [0.25, 0.3) is 0 Å². The van der Waals surface area contributed by atoms with Crippen molar-refractivity contribution < 1.29 is 11.3 Å². The van der Waals surface area contributed by atoms with Crippen molar-refractivity contribution in [3.8, 4) is 0 Å². The molecule has 1 unspecified atom stereocenters. The van der Waals surface area contributed by atoms with Gasteiger partial charge in [-0.25, -0.2) is 0 Å². The van der Waals surface area contributed by atoms with Gasteiger partial charge in [0.05, 0.1) is 0 Å². The summed E-state index contributed by atoms with van der Waals surface area (Å²) >= 11 is 0. The van der Waals surface area contributed by atoms with Gasteiger partial charge in [-0.3, -0.25) is 4.79 Å². The first-order valence-electron chi connectivity index (χ1n) is 3.78. The molecule has 0 heterocycles. The molecule has 0 saturated carbocycles. The second-order valence-corrected chi connectivity index (χ2v) is 2.33. The molecule has 0 saturated heterocycles. The van der Waals surface area contributed by atoms with E-state index in [-0.39, 0.29) is 20.0 Å². The molecule has 3 nitrogen and oxygen atoms in total. The van der Waals surface area contributed by atoms with E-state index in [1.54, 1.807) is 0 Å². The zero-order valence-electron chi connectivity index (χ0n) is 6.84. The molecule has 0 radical (unpaired) electrons. The summed E-state index contributed by atoms with van der Waals surface area (Å²) in [5.74, 6) is -0.176. The molecule has 0 aromatic rings. The molecule has 1 amide bonds. The van der Waals surface area contributed by atoms with Crippen LogP contribution in [0.2, 0.25) is 0 Å². The van der Waals surface area contributed by atoms with Crippen molar-refractivity contribution in [2.45, 2.75) is 25.8 Å². The van der Waals surface area contributed by atoms with Crippen molar-refractivity contribution in [3.05, 3.63) is 12.7 Å². The molecule has 3 heteroatoms. The molecule has 0 aliphatic carbocycles. The van der Waals surface area contributed by atoms with Gasteiger partial charge in [0.15, 0.2) is 0 Å². The number of amides is 1. The molecule has 66 valence electrons. The topological polar surface area (TPSA) is 49.3 Å². The fraction of sp³-hybridized carbons (Fsp3) is 0.625. The first kappa shape index (κ1) is 10.2. The maximum absolute atomic E-state index is 10.7. The summed E-state index contributed by atoms with van der Waals surface area (Å²) in [5, 5.41) is 11.3. The molecule has 0 spiro atoms. The van der Waals surface area contributed by atoms with Crippen LogP contribution in [0, 0.1) is 0 Å². The maximum Gasteiger partial charge on any atom is 0.243 e. The van der Waals surface area contributed by atoms with Gasteiger partial charge in [-0.2, -0.15) is 0 Å². The molecule has 0 aromatic carbocycles. The van der Waals surface area contributed by atoms with Crippen molar-refractivity contribution >= 4 is 5.91 Å². The van der Waals surface area contributed by atoms with Gasteiger partial charge in [0, 0.05) is 14.1 Å². The average Bonchev–Trinajstić information content (AvgIpc) is 2.03. The minimum Gasteiger partial charge on any atom is -0.396 e. The summed E-state index contributed by atoms with van der Waals surface area (Å²) in [6.07, 6.45) is 2.68. The Hall–Kier alpha value is -0.830. The van der Waals surface area contributed by atoms with Crippen LogP contribution in [-0.4, -0.2) is 23.7 Å². The normalized spacial score (nSPS) is 12.2. The zero-order chi connectivity index (χ0) is 8.69. The predicted molar refractivity (Wildman–Crippen MR) is 46.2 cm³/mol. The highest BCUT2D eigenvalue weighted by molar-refractivity contribution is 5.87. The summed E-state index contributed by atoms with van der Waals surface area (Å²) in [4.78, 5) is 10.7. The lowest BCUT2D eigenvalue weighted by molar-refractivity contribution is -0.117. The fourth-order valence-electron chi connectivity index (χ4n) is 0.794. The van der Waals surface area contributed by atoms with Crippen LogP contribution in [0.1, 0.15) is 21.2 Å². The molecule has 0 aromatic heterocycles. The largest absolute Gasteiger partial charge is 0.396 e. The fourth-order valence-corrected chi connectivity index (χ4v) is 0.794. The van der Waals surface area contributed by atoms with Crippen LogP contribution in [0.4, 0.5) is 0 Å². The summed E-state index contributed by atoms with van der Waals surface area (Å²) in [5.41, 5.74) is 0. The SMILES string of the molecule is C=CC(=O)NC(CC)CCO.[HH]. The van der Waals surface area contributed by atoms with Crippen LogP contribution in [-0.2, 0) is 4.79 Å². The second kappa shape index (κ2) is 5.92. The lowest BCUT2D eigenvalue weighted by atomic mass is 10.1. The molecule has 0 fully saturated rings. The molecular formula is C8H17NO2. The third-order valence-corrected chi connectivity index (χ3v) is 1.50. The average molecular weight is 159 g/mol. The standard InChI is InChI=1S/C8H15NO2.H2/c1-3-7(5-6-10)9-8(11)4-2;/h4,7,10H,2-3,5-6H2,1H3,(H,9,11);1H. The van der Waals surface area contributed by atoms with Gasteiger partial charge in [-0.15, -0.1) is 0 Å². The number of aliphatic hydroxyl groups is 1. The maximum atomic E-state index is 10.7. The second-order valence-electron chi connectivity index (χ2n) is 2.33. The lowest BCUT2D eigenvalue weighted by Gasteiger charge is -2.13. The summed E-state index contributed by atoms with van der Waals surface area (Å²) in [6.45, 7) is 5.40. The Balaban J connectivity index is 0. The Kier molecular flexibility index (Phi) is 5.47. The van der Waals surface area contributed by atoms with Crippen molar-refractivity contribution in [2.24, 2.45) is 0 Å². The molecule has 0 aliphatic heterocycles. The first-order valence-corrected chi connectivity index (χ1v) is 3.78. The lowest BCUT2D eigenvalue weighted by Crippen LogP contribution is -2.33. The third kappa shape index (κ3) is 4.56. The van der Waals surface area contributed by atoms with E-state index in [1.807, 2.05) is 6.92 Å². The van der Waals surface area contributed by atoms with Gasteiger partial charge in [0.2, 0.25) is 5.91 Å². The van der Waals surface area contributed by atoms with E-state index < -0.39 is 0 Å². The Morgan fingerprint density at radius 3 is 2.91 bits per heavy atom. The number of carbonyl (C=O) groups is 1. The molecule has 0 bridgehead atoms. The predicted octanol–water partition coefficient (Wildman–Crippen LogP) is 0.696. The van der Waals surface area contributed by atoms with Crippen LogP contribution in [0.5, 0.6) is 0 Å². The van der Waals surface area contributed by atoms with Gasteiger partial charge >= 0.3 is 0 Å². The number of hydrogen-bond acceptors (Lipinski definition) is 2. The molecule has 2 N–H and O–H groups in total. The molecule has 1 atom stereocenters. The van der Waals surface area contributed by atoms with Crippen molar-refractivity contribution in [2.75, 3.05) is 6.61 Å². The number of hydrogen-bond donors (Lipinski definition) is 2. The minimum absolute atomic E-state index is 0. The van der Waals surface area contributed by atoms with Crippen LogP contribution >= 0.6 is 0 Å². The van der Waals surface area contributed by atoms with Crippen LogP contribution in [0.3, 0.4) is 0 Å². The molecule has 11 heavy (non-hydrogen) atoms. The van der Waals surface area contributed by atoms with E-state index in [0.29, 0.717) is 6.42 Å². The minimum atomic E-state index is -0.176. The Labute approximate surface area is 68.6 Å². The zero-order valence-corrected chi connectivity index (χ0v) is 6.84. The van der Waals surface area contributed by atoms with Gasteiger partial charge < -0.3 is 10.4 Å². The van der Waals surface area contributed by atoms with E-state index in [0.717, 1.165) is 6.42 Å². The van der Waals surface area contributed by atoms with Gasteiger partial charge in [-0.05, 0) is 18.9 Å². The van der Waals surface area contributed by atoms with Gasteiger partial charge in [0.1, 0.15) is 0 Å². The molecule has 0 aliphatic rings. The van der Waals surface area contributed by atoms with Crippen molar-refractivity contribution in [1.29, 1.82) is 0 Å². The smallest absolute Gasteiger partial charge is 0.243 e. The quantitative estimate of drug-likeness (QED) is 0.580. The first-order chi connectivity index (χ1) is 5.24. The van der Waals surface area contributed by atoms with E-state index in [9.17, 15) is 4.79 Å². The van der Waals surface area contributed by atoms with Crippen molar-refractivity contribution in [1.82, 2.24) is 5.32 Å². The molecule has 0 rings (SSSR count). The number of rotatable bonds is 5. The Morgan fingerprint density at radius 2 is 2.55 bits per heavy atom. The van der Waals surface area contributed by atoms with Crippen LogP contribution < -0.4 is 5.32 Å². The van der Waals surface area contributed by atoms with Gasteiger partial charge in [-0.1, -0.05) is 13.5 Å². The monoisotopic (exact) mass is 159 g/mol. The number of nitrogens with one attached hydrogen (secondary N) is 1. The molecular weight excluding hydrogens is 142 g/mol. The van der Waals surface area contributed by atoms with E-state index >= 15 is 0 Å². The highest BCUT2D eigenvalue weighted by Gasteiger charge is 2.05. The third-order valence-electron chi connectivity index (χ3n) is 1.50. The van der Waals surface area contributed by atoms with Crippen LogP contribution in [0.25, 0.3) is 0 Å². The van der Waals surface area contributed by atoms with E-state index in [4.69, 9.17) is 5.11 Å².